The van der Waals surface area contributed by atoms with Gasteiger partial charge in [-0.25, -0.2) is 0 Å². The monoisotopic (exact) mass is 399 g/mol. The normalized spacial score (nSPS) is 11.1. The molecule has 0 aliphatic carbocycles. The molecule has 9 heteroatoms. The highest BCUT2D eigenvalue weighted by Crippen LogP contribution is 2.18. The SMILES string of the molecule is CCO[Si](CCCC#N)(OCC)OCC.CO[SiH](CCCCl)OC. The molecular weight excluding hydrogens is 366 g/mol. The largest absolute Gasteiger partial charge is 0.500 e. The third-order valence-corrected chi connectivity index (χ3v) is 8.31. The smallest absolute Gasteiger partial charge is 0.400 e. The fourth-order valence-corrected chi connectivity index (χ4v) is 6.19. The Morgan fingerprint density at radius 1 is 0.958 bits per heavy atom. The van der Waals surface area contributed by atoms with Crippen LogP contribution in [0, 0.1) is 11.3 Å². The number of nitriles is 1. The standard InChI is InChI=1S/C10H21NO3Si.C5H13ClO2Si/c1-4-12-15(13-5-2,14-6-3)10-8-7-9-11;1-7-9(8-2)5-3-4-6/h4-8,10H2,1-3H3;9H,3-5H2,1-2H3. The van der Waals surface area contributed by atoms with Gasteiger partial charge >= 0.3 is 18.1 Å². The fourth-order valence-electron chi connectivity index (χ4n) is 1.96. The van der Waals surface area contributed by atoms with Crippen molar-refractivity contribution in [2.24, 2.45) is 0 Å². The van der Waals surface area contributed by atoms with E-state index in [0.29, 0.717) is 32.1 Å². The predicted octanol–water partition coefficient (Wildman–Crippen LogP) is 3.47. The van der Waals surface area contributed by atoms with Crippen molar-refractivity contribution in [3.8, 4) is 6.07 Å². The van der Waals surface area contributed by atoms with Crippen molar-refractivity contribution in [1.29, 1.82) is 5.26 Å². The van der Waals surface area contributed by atoms with Gasteiger partial charge in [0.05, 0.1) is 6.07 Å². The molecule has 0 atom stereocenters. The van der Waals surface area contributed by atoms with Crippen LogP contribution >= 0.6 is 11.6 Å². The lowest BCUT2D eigenvalue weighted by atomic mass is 10.4. The van der Waals surface area contributed by atoms with Crippen LogP contribution in [0.25, 0.3) is 0 Å². The number of rotatable bonds is 14. The van der Waals surface area contributed by atoms with E-state index in [-0.39, 0.29) is 0 Å². The first-order valence-corrected chi connectivity index (χ1v) is 12.7. The molecule has 0 saturated carbocycles. The molecule has 0 aromatic heterocycles. The fraction of sp³-hybridized carbons (Fsp3) is 0.933. The highest BCUT2D eigenvalue weighted by molar-refractivity contribution is 6.60. The van der Waals surface area contributed by atoms with E-state index in [4.69, 9.17) is 39.0 Å². The molecule has 0 spiro atoms. The van der Waals surface area contributed by atoms with Gasteiger partial charge in [-0.05, 0) is 39.7 Å². The first-order chi connectivity index (χ1) is 11.6. The van der Waals surface area contributed by atoms with Crippen LogP contribution < -0.4 is 0 Å². The van der Waals surface area contributed by atoms with Crippen molar-refractivity contribution in [1.82, 2.24) is 0 Å². The van der Waals surface area contributed by atoms with Gasteiger partial charge in [-0.1, -0.05) is 0 Å². The minimum Gasteiger partial charge on any atom is -0.400 e. The summed E-state index contributed by atoms with van der Waals surface area (Å²) in [5, 5.41) is 8.50. The van der Waals surface area contributed by atoms with Crippen molar-refractivity contribution in [2.75, 3.05) is 39.9 Å². The summed E-state index contributed by atoms with van der Waals surface area (Å²) in [6, 6.07) is 3.86. The average molecular weight is 400 g/mol. The van der Waals surface area contributed by atoms with Gasteiger partial charge in [0, 0.05) is 52.4 Å². The third kappa shape index (κ3) is 14.4. The van der Waals surface area contributed by atoms with Crippen LogP contribution in [0.2, 0.25) is 12.1 Å². The number of hydrogen-bond acceptors (Lipinski definition) is 6. The van der Waals surface area contributed by atoms with E-state index in [1.807, 2.05) is 20.8 Å². The van der Waals surface area contributed by atoms with Gasteiger partial charge in [-0.15, -0.1) is 11.6 Å². The Labute approximate surface area is 155 Å². The van der Waals surface area contributed by atoms with Gasteiger partial charge in [0.25, 0.3) is 0 Å². The lowest BCUT2D eigenvalue weighted by molar-refractivity contribution is 0.0709. The van der Waals surface area contributed by atoms with Crippen LogP contribution in [-0.4, -0.2) is 58.0 Å². The van der Waals surface area contributed by atoms with E-state index < -0.39 is 18.1 Å². The molecule has 144 valence electrons. The van der Waals surface area contributed by atoms with Crippen LogP contribution in [0.15, 0.2) is 0 Å². The maximum atomic E-state index is 8.50. The Morgan fingerprint density at radius 3 is 1.79 bits per heavy atom. The van der Waals surface area contributed by atoms with Crippen molar-refractivity contribution in [3.63, 3.8) is 0 Å². The molecule has 0 bridgehead atoms. The molecule has 0 fully saturated rings. The Hall–Kier alpha value is 0.0138. The van der Waals surface area contributed by atoms with Gasteiger partial charge in [0.1, 0.15) is 0 Å². The lowest BCUT2D eigenvalue weighted by Gasteiger charge is -2.28. The highest BCUT2D eigenvalue weighted by atomic mass is 35.5. The molecule has 24 heavy (non-hydrogen) atoms. The number of alkyl halides is 1. The van der Waals surface area contributed by atoms with Gasteiger partial charge < -0.3 is 22.1 Å². The van der Waals surface area contributed by atoms with Crippen molar-refractivity contribution in [3.05, 3.63) is 0 Å². The van der Waals surface area contributed by atoms with E-state index in [2.05, 4.69) is 6.07 Å². The summed E-state index contributed by atoms with van der Waals surface area (Å²) in [6.45, 7) is 7.59. The minimum absolute atomic E-state index is 0.530. The second-order valence-electron chi connectivity index (χ2n) is 4.73. The molecule has 0 N–H and O–H groups in total. The zero-order valence-corrected chi connectivity index (χ0v) is 18.7. The van der Waals surface area contributed by atoms with E-state index in [1.165, 1.54) is 0 Å². The van der Waals surface area contributed by atoms with Crippen LogP contribution in [0.5, 0.6) is 0 Å². The summed E-state index contributed by atoms with van der Waals surface area (Å²) < 4.78 is 27.0. The van der Waals surface area contributed by atoms with Crippen LogP contribution in [0.1, 0.15) is 40.0 Å². The van der Waals surface area contributed by atoms with E-state index in [1.54, 1.807) is 14.2 Å². The number of halogens is 1. The highest BCUT2D eigenvalue weighted by Gasteiger charge is 2.39. The zero-order chi connectivity index (χ0) is 18.7. The van der Waals surface area contributed by atoms with Crippen molar-refractivity contribution < 1.29 is 22.1 Å². The summed E-state index contributed by atoms with van der Waals surface area (Å²) in [6.07, 6.45) is 2.31. The summed E-state index contributed by atoms with van der Waals surface area (Å²) in [5.41, 5.74) is 0. The number of nitrogens with zero attached hydrogens (tertiary/aromatic N) is 1. The van der Waals surface area contributed by atoms with Crippen LogP contribution in [0.3, 0.4) is 0 Å². The quantitative estimate of drug-likeness (QED) is 0.253. The van der Waals surface area contributed by atoms with Crippen LogP contribution in [0.4, 0.5) is 0 Å². The molecule has 0 rings (SSSR count). The first-order valence-electron chi connectivity index (χ1n) is 8.49. The number of hydrogen-bond donors (Lipinski definition) is 0. The number of unbranched alkanes of at least 4 members (excludes halogenated alkanes) is 1. The molecule has 0 aliphatic heterocycles. The molecule has 0 saturated heterocycles. The zero-order valence-electron chi connectivity index (χ0n) is 15.8. The molecule has 0 amide bonds. The predicted molar refractivity (Wildman–Crippen MR) is 102 cm³/mol. The molecule has 0 aromatic carbocycles. The molecule has 0 aliphatic rings. The summed E-state index contributed by atoms with van der Waals surface area (Å²) >= 11 is 5.47. The topological polar surface area (TPSA) is 69.9 Å². The summed E-state index contributed by atoms with van der Waals surface area (Å²) in [5.74, 6) is 0.705. The van der Waals surface area contributed by atoms with Crippen LogP contribution in [-0.2, 0) is 22.1 Å². The maximum absolute atomic E-state index is 8.50. The Morgan fingerprint density at radius 2 is 1.46 bits per heavy atom. The van der Waals surface area contributed by atoms with Gasteiger partial charge in [0.2, 0.25) is 0 Å². The molecule has 0 radical (unpaired) electrons. The molecular formula is C15H34ClNO5Si2. The van der Waals surface area contributed by atoms with Gasteiger partial charge in [0.15, 0.2) is 0 Å². The third-order valence-electron chi connectivity index (χ3n) is 2.96. The van der Waals surface area contributed by atoms with E-state index >= 15 is 0 Å². The summed E-state index contributed by atoms with van der Waals surface area (Å²) in [7, 11) is -0.400. The Kier molecular flexibility index (Phi) is 21.1. The molecule has 0 aromatic rings. The van der Waals surface area contributed by atoms with Gasteiger partial charge in [-0.3, -0.25) is 0 Å². The lowest BCUT2D eigenvalue weighted by Crippen LogP contribution is -2.45. The van der Waals surface area contributed by atoms with E-state index in [0.717, 1.165) is 24.9 Å². The summed E-state index contributed by atoms with van der Waals surface area (Å²) in [4.78, 5) is 0. The average Bonchev–Trinajstić information content (AvgIpc) is 2.57. The minimum atomic E-state index is -2.48. The Balaban J connectivity index is 0. The molecule has 0 heterocycles. The maximum Gasteiger partial charge on any atom is 0.500 e. The molecule has 0 unspecified atom stereocenters. The first kappa shape index (κ1) is 26.2. The van der Waals surface area contributed by atoms with Crippen molar-refractivity contribution >= 4 is 29.7 Å². The molecule has 6 nitrogen and oxygen atoms in total. The Bertz CT molecular complexity index is 287. The second kappa shape index (κ2) is 19.3. The van der Waals surface area contributed by atoms with Gasteiger partial charge in [-0.2, -0.15) is 5.26 Å². The second-order valence-corrected chi connectivity index (χ2v) is 10.2. The van der Waals surface area contributed by atoms with E-state index in [9.17, 15) is 0 Å². The van der Waals surface area contributed by atoms with Crippen molar-refractivity contribution in [2.45, 2.75) is 52.1 Å².